The van der Waals surface area contributed by atoms with Crippen molar-refractivity contribution in [1.82, 2.24) is 4.98 Å². The number of fused-ring (bicyclic) bond motifs is 1. The van der Waals surface area contributed by atoms with Gasteiger partial charge in [-0.2, -0.15) is 11.8 Å². The summed E-state index contributed by atoms with van der Waals surface area (Å²) in [5.74, 6) is 0.965. The van der Waals surface area contributed by atoms with Crippen LogP contribution in [-0.4, -0.2) is 41.8 Å². The molecule has 0 radical (unpaired) electrons. The molecule has 0 bridgehead atoms. The molecule has 1 aromatic heterocycles. The summed E-state index contributed by atoms with van der Waals surface area (Å²) in [6, 6.07) is 9.51. The zero-order chi connectivity index (χ0) is 25.5. The van der Waals surface area contributed by atoms with Crippen LogP contribution >= 0.6 is 11.8 Å². The van der Waals surface area contributed by atoms with Gasteiger partial charge in [0.1, 0.15) is 17.3 Å². The summed E-state index contributed by atoms with van der Waals surface area (Å²) in [5, 5.41) is 1.17. The SMILES string of the molecule is COc1cc2nccc(Oc3ccc(CC(=O)CC(=O)CSC4CCCCC4)cc3F)c2cc1OC. The Morgan fingerprint density at radius 3 is 2.42 bits per heavy atom. The van der Waals surface area contributed by atoms with E-state index in [0.29, 0.717) is 44.7 Å². The molecule has 1 heterocycles. The number of ketones is 2. The topological polar surface area (TPSA) is 74.7 Å². The van der Waals surface area contributed by atoms with Crippen molar-refractivity contribution in [2.45, 2.75) is 50.2 Å². The number of thioether (sulfide) groups is 1. The summed E-state index contributed by atoms with van der Waals surface area (Å²) in [6.07, 6.45) is 7.46. The van der Waals surface area contributed by atoms with Crippen LogP contribution in [0.3, 0.4) is 0 Å². The van der Waals surface area contributed by atoms with Crippen molar-refractivity contribution in [2.24, 2.45) is 0 Å². The van der Waals surface area contributed by atoms with Crippen molar-refractivity contribution in [2.75, 3.05) is 20.0 Å². The maximum absolute atomic E-state index is 14.9. The van der Waals surface area contributed by atoms with E-state index in [9.17, 15) is 14.0 Å². The van der Waals surface area contributed by atoms with Crippen LogP contribution < -0.4 is 14.2 Å². The molecule has 3 aromatic rings. The molecule has 1 aliphatic carbocycles. The first-order valence-corrected chi connectivity index (χ1v) is 13.1. The van der Waals surface area contributed by atoms with Gasteiger partial charge in [0.05, 0.1) is 31.9 Å². The van der Waals surface area contributed by atoms with Crippen LogP contribution in [0.25, 0.3) is 10.9 Å². The van der Waals surface area contributed by atoms with E-state index in [1.807, 2.05) is 0 Å². The Morgan fingerprint density at radius 2 is 1.69 bits per heavy atom. The first-order chi connectivity index (χ1) is 17.5. The quantitative estimate of drug-likeness (QED) is 0.279. The maximum Gasteiger partial charge on any atom is 0.166 e. The van der Waals surface area contributed by atoms with E-state index < -0.39 is 5.82 Å². The standard InChI is InChI=1S/C28H30FNO5S/c1-33-27-15-22-24(16-28(27)34-2)30-11-10-25(22)35-26-9-8-18(13-23(26)29)12-19(31)14-20(32)17-36-21-6-4-3-5-7-21/h8-11,13,15-16,21H,3-7,12,14,17H2,1-2H3. The van der Waals surface area contributed by atoms with Crippen molar-refractivity contribution in [3.63, 3.8) is 0 Å². The predicted octanol–water partition coefficient (Wildman–Crippen LogP) is 6.32. The highest BCUT2D eigenvalue weighted by atomic mass is 32.2. The van der Waals surface area contributed by atoms with Gasteiger partial charge < -0.3 is 14.2 Å². The van der Waals surface area contributed by atoms with Crippen molar-refractivity contribution in [1.29, 1.82) is 0 Å². The first-order valence-electron chi connectivity index (χ1n) is 12.1. The lowest BCUT2D eigenvalue weighted by atomic mass is 10.0. The molecule has 1 aliphatic rings. The van der Waals surface area contributed by atoms with Crippen molar-refractivity contribution < 1.29 is 28.2 Å². The predicted molar refractivity (Wildman–Crippen MR) is 139 cm³/mol. The van der Waals surface area contributed by atoms with Gasteiger partial charge in [-0.25, -0.2) is 4.39 Å². The van der Waals surface area contributed by atoms with E-state index in [0.717, 1.165) is 12.8 Å². The van der Waals surface area contributed by atoms with Gasteiger partial charge in [-0.1, -0.05) is 25.3 Å². The molecule has 190 valence electrons. The fraction of sp³-hybridized carbons (Fsp3) is 0.393. The highest BCUT2D eigenvalue weighted by Crippen LogP contribution is 2.37. The Balaban J connectivity index is 1.38. The van der Waals surface area contributed by atoms with E-state index in [4.69, 9.17) is 14.2 Å². The molecule has 6 nitrogen and oxygen atoms in total. The Hall–Kier alpha value is -3.13. The van der Waals surface area contributed by atoms with Crippen molar-refractivity contribution >= 4 is 34.2 Å². The van der Waals surface area contributed by atoms with Gasteiger partial charge in [0, 0.05) is 29.3 Å². The minimum absolute atomic E-state index is 0.00617. The number of halogens is 1. The van der Waals surface area contributed by atoms with Gasteiger partial charge >= 0.3 is 0 Å². The van der Waals surface area contributed by atoms with Crippen LogP contribution in [0, 0.1) is 5.82 Å². The normalized spacial score (nSPS) is 14.0. The molecule has 1 saturated carbocycles. The Labute approximate surface area is 214 Å². The number of carbonyl (C=O) groups is 2. The highest BCUT2D eigenvalue weighted by Gasteiger charge is 2.18. The van der Waals surface area contributed by atoms with Gasteiger partial charge in [-0.3, -0.25) is 14.6 Å². The highest BCUT2D eigenvalue weighted by molar-refractivity contribution is 8.00. The summed E-state index contributed by atoms with van der Waals surface area (Å²) < 4.78 is 31.4. The molecule has 0 spiro atoms. The summed E-state index contributed by atoms with van der Waals surface area (Å²) in [6.45, 7) is 0. The first kappa shape index (κ1) is 25.9. The van der Waals surface area contributed by atoms with Crippen LogP contribution in [0.4, 0.5) is 4.39 Å². The van der Waals surface area contributed by atoms with Gasteiger partial charge in [0.25, 0.3) is 0 Å². The summed E-state index contributed by atoms with van der Waals surface area (Å²) in [5.41, 5.74) is 1.11. The van der Waals surface area contributed by atoms with Crippen molar-refractivity contribution in [3.8, 4) is 23.0 Å². The minimum atomic E-state index is -0.593. The van der Waals surface area contributed by atoms with Crippen LogP contribution in [0.2, 0.25) is 0 Å². The molecule has 2 aromatic carbocycles. The molecule has 0 amide bonds. The number of benzene rings is 2. The van der Waals surface area contributed by atoms with E-state index >= 15 is 0 Å². The monoisotopic (exact) mass is 511 g/mol. The molecular formula is C28H30FNO5S. The molecule has 8 heteroatoms. The average Bonchev–Trinajstić information content (AvgIpc) is 2.89. The number of carbonyl (C=O) groups excluding carboxylic acids is 2. The van der Waals surface area contributed by atoms with E-state index in [1.165, 1.54) is 45.6 Å². The van der Waals surface area contributed by atoms with E-state index in [2.05, 4.69) is 4.98 Å². The molecule has 36 heavy (non-hydrogen) atoms. The Morgan fingerprint density at radius 1 is 0.944 bits per heavy atom. The van der Waals surface area contributed by atoms with Crippen LogP contribution in [0.1, 0.15) is 44.1 Å². The number of Topliss-reactive ketones (excluding diaryl/α,β-unsaturated/α-hetero) is 2. The molecule has 0 saturated heterocycles. The second-order valence-corrected chi connectivity index (χ2v) is 10.2. The number of methoxy groups -OCH3 is 2. The average molecular weight is 512 g/mol. The molecule has 0 aliphatic heterocycles. The molecule has 0 N–H and O–H groups in total. The molecule has 4 rings (SSSR count). The second-order valence-electron chi connectivity index (χ2n) is 8.90. The third-order valence-corrected chi connectivity index (χ3v) is 7.68. The Bertz CT molecular complexity index is 1240. The fourth-order valence-corrected chi connectivity index (χ4v) is 5.59. The third kappa shape index (κ3) is 6.55. The number of hydrogen-bond acceptors (Lipinski definition) is 7. The summed E-state index contributed by atoms with van der Waals surface area (Å²) in [4.78, 5) is 29.0. The number of aromatic nitrogens is 1. The molecular weight excluding hydrogens is 481 g/mol. The van der Waals surface area contributed by atoms with Crippen LogP contribution in [-0.2, 0) is 16.0 Å². The van der Waals surface area contributed by atoms with Crippen molar-refractivity contribution in [3.05, 3.63) is 54.0 Å². The lowest BCUT2D eigenvalue weighted by molar-refractivity contribution is -0.125. The minimum Gasteiger partial charge on any atom is -0.493 e. The number of pyridine rings is 1. The number of ether oxygens (including phenoxy) is 3. The largest absolute Gasteiger partial charge is 0.493 e. The summed E-state index contributed by atoms with van der Waals surface area (Å²) >= 11 is 1.67. The molecule has 0 unspecified atom stereocenters. The van der Waals surface area contributed by atoms with E-state index in [-0.39, 0.29) is 30.2 Å². The smallest absolute Gasteiger partial charge is 0.166 e. The number of rotatable bonds is 11. The lowest BCUT2D eigenvalue weighted by Gasteiger charge is -2.20. The number of hydrogen-bond donors (Lipinski definition) is 0. The van der Waals surface area contributed by atoms with Crippen LogP contribution in [0.15, 0.2) is 42.6 Å². The summed E-state index contributed by atoms with van der Waals surface area (Å²) in [7, 11) is 3.07. The third-order valence-electron chi connectivity index (χ3n) is 6.25. The fourth-order valence-electron chi connectivity index (χ4n) is 4.40. The van der Waals surface area contributed by atoms with Gasteiger partial charge in [0.2, 0.25) is 0 Å². The van der Waals surface area contributed by atoms with Gasteiger partial charge in [-0.05, 0) is 42.7 Å². The van der Waals surface area contributed by atoms with Gasteiger partial charge in [0.15, 0.2) is 23.1 Å². The molecule has 1 fully saturated rings. The number of nitrogens with zero attached hydrogens (tertiary/aromatic N) is 1. The second kappa shape index (κ2) is 12.2. The molecule has 0 atom stereocenters. The van der Waals surface area contributed by atoms with Gasteiger partial charge in [-0.15, -0.1) is 0 Å². The zero-order valence-electron chi connectivity index (χ0n) is 20.6. The Kier molecular flexibility index (Phi) is 8.80. The van der Waals surface area contributed by atoms with E-state index in [1.54, 1.807) is 42.2 Å². The zero-order valence-corrected chi connectivity index (χ0v) is 21.4. The lowest BCUT2D eigenvalue weighted by Crippen LogP contribution is -2.15. The van der Waals surface area contributed by atoms with Crippen LogP contribution in [0.5, 0.6) is 23.0 Å². The maximum atomic E-state index is 14.9.